The second-order valence-electron chi connectivity index (χ2n) is 3.09. The molecule has 3 nitrogen and oxygen atoms in total. The summed E-state index contributed by atoms with van der Waals surface area (Å²) >= 11 is 3.12. The van der Waals surface area contributed by atoms with Crippen molar-refractivity contribution < 1.29 is 21.6 Å². The van der Waals surface area contributed by atoms with Crippen LogP contribution in [-0.2, 0) is 10.0 Å². The van der Waals surface area contributed by atoms with E-state index in [9.17, 15) is 21.6 Å². The van der Waals surface area contributed by atoms with Gasteiger partial charge < -0.3 is 0 Å². The molecule has 17 heavy (non-hydrogen) atoms. The first kappa shape index (κ1) is 14.3. The number of rotatable bonds is 3. The van der Waals surface area contributed by atoms with Gasteiger partial charge in [-0.05, 0) is 31.2 Å². The quantitative estimate of drug-likeness (QED) is 0.853. The second-order valence-corrected chi connectivity index (χ2v) is 5.86. The molecule has 0 aromatic heterocycles. The summed E-state index contributed by atoms with van der Waals surface area (Å²) in [6, 6.07) is 5.56. The number of halogens is 4. The van der Waals surface area contributed by atoms with Gasteiger partial charge in [0.2, 0.25) is 0 Å². The second kappa shape index (κ2) is 4.85. The Bertz CT molecular complexity index is 484. The lowest BCUT2D eigenvalue weighted by molar-refractivity contribution is -0.0438. The first-order chi connectivity index (χ1) is 7.70. The van der Waals surface area contributed by atoms with Crippen LogP contribution in [0.5, 0.6) is 0 Å². The fourth-order valence-electron chi connectivity index (χ4n) is 1.22. The van der Waals surface area contributed by atoms with Crippen molar-refractivity contribution in [2.24, 2.45) is 0 Å². The van der Waals surface area contributed by atoms with E-state index in [0.717, 1.165) is 0 Å². The molecule has 1 aromatic carbocycles. The topological polar surface area (TPSA) is 37.4 Å². The number of nitrogens with zero attached hydrogens (tertiary/aromatic N) is 1. The Labute approximate surface area is 105 Å². The van der Waals surface area contributed by atoms with Gasteiger partial charge in [-0.3, -0.25) is 4.31 Å². The van der Waals surface area contributed by atoms with E-state index in [1.807, 2.05) is 0 Å². The zero-order valence-electron chi connectivity index (χ0n) is 8.70. The molecule has 0 radical (unpaired) electrons. The van der Waals surface area contributed by atoms with Gasteiger partial charge in [0.15, 0.2) is 0 Å². The fraction of sp³-hybridized carbons (Fsp3) is 0.333. The van der Waals surface area contributed by atoms with Crippen LogP contribution in [0.4, 0.5) is 18.9 Å². The number of benzene rings is 1. The van der Waals surface area contributed by atoms with E-state index < -0.39 is 15.5 Å². The van der Waals surface area contributed by atoms with E-state index in [1.54, 1.807) is 0 Å². The lowest BCUT2D eigenvalue weighted by Gasteiger charge is -2.23. The molecule has 0 aliphatic heterocycles. The highest BCUT2D eigenvalue weighted by molar-refractivity contribution is 9.10. The first-order valence-corrected chi connectivity index (χ1v) is 6.78. The molecule has 0 heterocycles. The molecular weight excluding hydrogens is 323 g/mol. The molecule has 1 rings (SSSR count). The lowest BCUT2D eigenvalue weighted by atomic mass is 10.3. The first-order valence-electron chi connectivity index (χ1n) is 4.54. The van der Waals surface area contributed by atoms with Crippen molar-refractivity contribution in [3.05, 3.63) is 28.7 Å². The average molecular weight is 332 g/mol. The molecule has 0 N–H and O–H groups in total. The average Bonchev–Trinajstić information content (AvgIpc) is 2.20. The fourth-order valence-corrected chi connectivity index (χ4v) is 2.48. The number of sulfonamides is 1. The largest absolute Gasteiger partial charge is 0.516 e. The van der Waals surface area contributed by atoms with Crippen molar-refractivity contribution >= 4 is 31.6 Å². The lowest BCUT2D eigenvalue weighted by Crippen LogP contribution is -2.40. The smallest absolute Gasteiger partial charge is 0.263 e. The SMILES string of the molecule is CCN(c1ccc(Br)cc1)S(=O)(=O)C(F)(F)F. The summed E-state index contributed by atoms with van der Waals surface area (Å²) in [5.74, 6) is 0. The third kappa shape index (κ3) is 2.92. The van der Waals surface area contributed by atoms with E-state index >= 15 is 0 Å². The minimum Gasteiger partial charge on any atom is -0.263 e. The van der Waals surface area contributed by atoms with Crippen LogP contribution in [0.2, 0.25) is 0 Å². The van der Waals surface area contributed by atoms with E-state index in [2.05, 4.69) is 15.9 Å². The number of hydrogen-bond acceptors (Lipinski definition) is 2. The molecule has 8 heteroatoms. The van der Waals surface area contributed by atoms with E-state index in [-0.39, 0.29) is 12.2 Å². The Balaban J connectivity index is 3.22. The highest BCUT2D eigenvalue weighted by Gasteiger charge is 2.49. The molecule has 0 fully saturated rings. The molecule has 0 saturated carbocycles. The van der Waals surface area contributed by atoms with Crippen molar-refractivity contribution in [2.45, 2.75) is 12.4 Å². The molecule has 0 aliphatic carbocycles. The van der Waals surface area contributed by atoms with Crippen molar-refractivity contribution in [1.82, 2.24) is 0 Å². The van der Waals surface area contributed by atoms with Crippen molar-refractivity contribution in [3.63, 3.8) is 0 Å². The zero-order valence-corrected chi connectivity index (χ0v) is 11.1. The van der Waals surface area contributed by atoms with Gasteiger partial charge in [-0.25, -0.2) is 0 Å². The molecule has 0 spiro atoms. The Morgan fingerprint density at radius 3 is 2.06 bits per heavy atom. The molecule has 96 valence electrons. The summed E-state index contributed by atoms with van der Waals surface area (Å²) in [7, 11) is -5.34. The van der Waals surface area contributed by atoms with Crippen molar-refractivity contribution in [3.8, 4) is 0 Å². The van der Waals surface area contributed by atoms with Crippen LogP contribution in [0, 0.1) is 0 Å². The number of hydrogen-bond donors (Lipinski definition) is 0. The summed E-state index contributed by atoms with van der Waals surface area (Å²) in [5, 5.41) is 0. The molecule has 1 aromatic rings. The Morgan fingerprint density at radius 2 is 1.71 bits per heavy atom. The van der Waals surface area contributed by atoms with Crippen LogP contribution in [0.1, 0.15) is 6.92 Å². The van der Waals surface area contributed by atoms with Gasteiger partial charge in [0, 0.05) is 11.0 Å². The molecular formula is C9H9BrF3NO2S. The molecule has 0 atom stereocenters. The maximum Gasteiger partial charge on any atom is 0.516 e. The van der Waals surface area contributed by atoms with Crippen LogP contribution in [0.15, 0.2) is 28.7 Å². The van der Waals surface area contributed by atoms with E-state index in [0.29, 0.717) is 8.78 Å². The predicted octanol–water partition coefficient (Wildman–Crippen LogP) is 3.13. The number of anilines is 1. The number of alkyl halides is 3. The summed E-state index contributed by atoms with van der Waals surface area (Å²) in [6.07, 6.45) is 0. The van der Waals surface area contributed by atoms with Gasteiger partial charge in [0.1, 0.15) is 0 Å². The summed E-state index contributed by atoms with van der Waals surface area (Å²) in [5.41, 5.74) is -5.32. The van der Waals surface area contributed by atoms with Gasteiger partial charge in [-0.2, -0.15) is 21.6 Å². The van der Waals surface area contributed by atoms with Gasteiger partial charge in [-0.1, -0.05) is 15.9 Å². The predicted molar refractivity (Wildman–Crippen MR) is 62.1 cm³/mol. The van der Waals surface area contributed by atoms with Crippen LogP contribution >= 0.6 is 15.9 Å². The molecule has 0 saturated heterocycles. The van der Waals surface area contributed by atoms with E-state index in [1.165, 1.54) is 31.2 Å². The van der Waals surface area contributed by atoms with Crippen LogP contribution in [-0.4, -0.2) is 20.5 Å². The Kier molecular flexibility index (Phi) is 4.08. The maximum atomic E-state index is 12.4. The summed E-state index contributed by atoms with van der Waals surface area (Å²) < 4.78 is 60.7. The normalized spacial score (nSPS) is 12.5. The third-order valence-electron chi connectivity index (χ3n) is 1.98. The summed E-state index contributed by atoms with van der Waals surface area (Å²) in [4.78, 5) is 0. The van der Waals surface area contributed by atoms with Crippen molar-refractivity contribution in [1.29, 1.82) is 0 Å². The summed E-state index contributed by atoms with van der Waals surface area (Å²) in [6.45, 7) is 1.05. The molecule has 0 bridgehead atoms. The van der Waals surface area contributed by atoms with Crippen molar-refractivity contribution in [2.75, 3.05) is 10.8 Å². The van der Waals surface area contributed by atoms with Crippen LogP contribution in [0.25, 0.3) is 0 Å². The van der Waals surface area contributed by atoms with Gasteiger partial charge in [0.05, 0.1) is 5.69 Å². The van der Waals surface area contributed by atoms with Crippen LogP contribution in [0.3, 0.4) is 0 Å². The Hall–Kier alpha value is -0.760. The molecule has 0 amide bonds. The van der Waals surface area contributed by atoms with Gasteiger partial charge in [0.25, 0.3) is 0 Å². The highest BCUT2D eigenvalue weighted by atomic mass is 79.9. The van der Waals surface area contributed by atoms with E-state index in [4.69, 9.17) is 0 Å². The molecule has 0 unspecified atom stereocenters. The van der Waals surface area contributed by atoms with Gasteiger partial charge in [-0.15, -0.1) is 0 Å². The minimum absolute atomic E-state index is 0.0203. The minimum atomic E-state index is -5.34. The Morgan fingerprint density at radius 1 is 1.24 bits per heavy atom. The van der Waals surface area contributed by atoms with Crippen LogP contribution < -0.4 is 4.31 Å². The third-order valence-corrected chi connectivity index (χ3v) is 4.15. The van der Waals surface area contributed by atoms with Gasteiger partial charge >= 0.3 is 15.5 Å². The molecule has 0 aliphatic rings. The standard InChI is InChI=1S/C9H9BrF3NO2S/c1-2-14(17(15,16)9(11,12)13)8-5-3-7(10)4-6-8/h3-6H,2H2,1H3. The zero-order chi connectivity index (χ0) is 13.3. The maximum absolute atomic E-state index is 12.4. The highest BCUT2D eigenvalue weighted by Crippen LogP contribution is 2.31. The monoisotopic (exact) mass is 331 g/mol.